The van der Waals surface area contributed by atoms with E-state index in [1.807, 2.05) is 0 Å². The highest BCUT2D eigenvalue weighted by molar-refractivity contribution is 5.84. The van der Waals surface area contributed by atoms with Gasteiger partial charge in [0.2, 0.25) is 0 Å². The van der Waals surface area contributed by atoms with Crippen LogP contribution in [0.1, 0.15) is 91.7 Å². The van der Waals surface area contributed by atoms with Crippen LogP contribution in [0.25, 0.3) is 10.8 Å². The molecule has 42 heavy (non-hydrogen) atoms. The van der Waals surface area contributed by atoms with E-state index in [1.165, 1.54) is 21.9 Å². The van der Waals surface area contributed by atoms with Gasteiger partial charge in [-0.15, -0.1) is 0 Å². The maximum Gasteiger partial charge on any atom is 0.407 e. The summed E-state index contributed by atoms with van der Waals surface area (Å²) in [5.41, 5.74) is 3.67. The molecule has 0 spiro atoms. The summed E-state index contributed by atoms with van der Waals surface area (Å²) in [6.07, 6.45) is 3.92. The zero-order valence-electron chi connectivity index (χ0n) is 27.6. The molecule has 1 aliphatic rings. The highest BCUT2D eigenvalue weighted by Crippen LogP contribution is 2.33. The number of rotatable bonds is 11. The molecule has 7 heteroatoms. The molecular weight excluding hydrogens is 528 g/mol. The Balaban J connectivity index is 0.000000978. The van der Waals surface area contributed by atoms with Crippen molar-refractivity contribution in [3.8, 4) is 0 Å². The van der Waals surface area contributed by atoms with Crippen molar-refractivity contribution in [1.29, 1.82) is 0 Å². The first-order valence-electron chi connectivity index (χ1n) is 15.3. The molecule has 3 rings (SSSR count). The third-order valence-corrected chi connectivity index (χ3v) is 7.13. The lowest BCUT2D eigenvalue weighted by atomic mass is 9.82. The number of benzene rings is 2. The fourth-order valence-corrected chi connectivity index (χ4v) is 4.71. The van der Waals surface area contributed by atoms with Crippen LogP contribution in [-0.2, 0) is 20.7 Å². The molecule has 0 bridgehead atoms. The molecule has 1 amide bonds. The number of fused-ring (bicyclic) bond motifs is 1. The molecule has 1 heterocycles. The number of carbonyl (C=O) groups excluding carboxylic acids is 1. The normalized spacial score (nSPS) is 15.3. The SMILES string of the molecule is C=C(CNC(=O)OCC(C)(C)CCC(C)c1cc2ccccc2cc1CC)N1CCC(OC)C1.CC(=O)O.CC(C)C. The van der Waals surface area contributed by atoms with Gasteiger partial charge in [0, 0.05) is 32.8 Å². The Morgan fingerprint density at radius 2 is 1.71 bits per heavy atom. The molecule has 7 nitrogen and oxygen atoms in total. The third-order valence-electron chi connectivity index (χ3n) is 7.13. The molecule has 2 atom stereocenters. The molecule has 0 aromatic heterocycles. The molecule has 0 radical (unpaired) electrons. The van der Waals surface area contributed by atoms with Crippen molar-refractivity contribution in [3.05, 3.63) is 59.8 Å². The predicted octanol–water partition coefficient (Wildman–Crippen LogP) is 8.03. The second kappa shape index (κ2) is 18.5. The zero-order valence-corrected chi connectivity index (χ0v) is 27.6. The number of hydrogen-bond donors (Lipinski definition) is 2. The van der Waals surface area contributed by atoms with Crippen LogP contribution >= 0.6 is 0 Å². The van der Waals surface area contributed by atoms with Crippen LogP contribution in [0.2, 0.25) is 0 Å². The Labute approximate surface area is 254 Å². The maximum absolute atomic E-state index is 12.3. The topological polar surface area (TPSA) is 88.1 Å². The largest absolute Gasteiger partial charge is 0.481 e. The average molecular weight is 585 g/mol. The average Bonchev–Trinajstić information content (AvgIpc) is 3.42. The molecule has 2 aromatic rings. The Bertz CT molecular complexity index is 1120. The van der Waals surface area contributed by atoms with Gasteiger partial charge in [-0.1, -0.05) is 91.4 Å². The molecule has 1 fully saturated rings. The van der Waals surface area contributed by atoms with Gasteiger partial charge in [-0.3, -0.25) is 4.79 Å². The molecule has 236 valence electrons. The van der Waals surface area contributed by atoms with E-state index < -0.39 is 5.97 Å². The molecule has 0 aliphatic carbocycles. The number of aryl methyl sites for hydroxylation is 1. The lowest BCUT2D eigenvalue weighted by Gasteiger charge is -2.27. The maximum atomic E-state index is 12.3. The number of likely N-dealkylation sites (tertiary alicyclic amines) is 1. The number of ether oxygens (including phenoxy) is 2. The molecule has 2 aromatic carbocycles. The highest BCUT2D eigenvalue weighted by atomic mass is 16.5. The molecular formula is C35H56N2O5. The summed E-state index contributed by atoms with van der Waals surface area (Å²) < 4.78 is 11.0. The van der Waals surface area contributed by atoms with E-state index in [-0.39, 0.29) is 17.6 Å². The molecule has 2 N–H and O–H groups in total. The quantitative estimate of drug-likeness (QED) is 0.278. The number of amides is 1. The minimum Gasteiger partial charge on any atom is -0.481 e. The van der Waals surface area contributed by atoms with Gasteiger partial charge in [-0.25, -0.2) is 4.79 Å². The van der Waals surface area contributed by atoms with Crippen LogP contribution in [0.15, 0.2) is 48.7 Å². The summed E-state index contributed by atoms with van der Waals surface area (Å²) in [4.78, 5) is 23.4. The van der Waals surface area contributed by atoms with E-state index in [0.29, 0.717) is 19.1 Å². The molecule has 0 saturated carbocycles. The van der Waals surface area contributed by atoms with Crippen molar-refractivity contribution >= 4 is 22.8 Å². The smallest absolute Gasteiger partial charge is 0.407 e. The summed E-state index contributed by atoms with van der Waals surface area (Å²) in [5, 5.41) is 12.9. The lowest BCUT2D eigenvalue weighted by molar-refractivity contribution is -0.134. The van der Waals surface area contributed by atoms with Crippen LogP contribution < -0.4 is 5.32 Å². The third kappa shape index (κ3) is 14.2. The van der Waals surface area contributed by atoms with Crippen molar-refractivity contribution in [3.63, 3.8) is 0 Å². The summed E-state index contributed by atoms with van der Waals surface area (Å²) >= 11 is 0. The monoisotopic (exact) mass is 584 g/mol. The summed E-state index contributed by atoms with van der Waals surface area (Å²) in [5.74, 6) is 0.451. The fraction of sp³-hybridized carbons (Fsp3) is 0.600. The Morgan fingerprint density at radius 3 is 2.24 bits per heavy atom. The standard InChI is InChI=1S/C29H42N2O3.C4H10.C2H4O2/c1-7-23-16-24-10-8-9-11-25(24)17-27(23)21(2)12-14-29(4,5)20-34-28(32)30-18-22(3)31-15-13-26(19-31)33-6;1-4(2)3;1-2(3)4/h8-11,16-17,21,26H,3,7,12-15,18-20H2,1-2,4-6H3,(H,30,32);4H,1-3H3;1H3,(H,3,4). The number of nitrogens with one attached hydrogen (secondary N) is 1. The van der Waals surface area contributed by atoms with Crippen LogP contribution in [0.3, 0.4) is 0 Å². The Hall–Kier alpha value is -3.06. The van der Waals surface area contributed by atoms with Crippen LogP contribution in [0.4, 0.5) is 4.79 Å². The zero-order chi connectivity index (χ0) is 31.9. The van der Waals surface area contributed by atoms with E-state index in [9.17, 15) is 4.79 Å². The van der Waals surface area contributed by atoms with E-state index in [0.717, 1.165) is 57.3 Å². The van der Waals surface area contributed by atoms with E-state index >= 15 is 0 Å². The molecule has 1 aliphatic heterocycles. The Kier molecular flexibility index (Phi) is 16.3. The number of alkyl carbamates (subject to hydrolysis) is 1. The molecule has 2 unspecified atom stereocenters. The van der Waals surface area contributed by atoms with Gasteiger partial charge in [0.15, 0.2) is 0 Å². The number of carboxylic acids is 1. The van der Waals surface area contributed by atoms with Crippen molar-refractivity contribution in [1.82, 2.24) is 10.2 Å². The number of methoxy groups -OCH3 is 1. The van der Waals surface area contributed by atoms with E-state index in [2.05, 4.69) is 102 Å². The van der Waals surface area contributed by atoms with Gasteiger partial charge in [-0.05, 0) is 64.8 Å². The van der Waals surface area contributed by atoms with Gasteiger partial charge in [0.25, 0.3) is 5.97 Å². The summed E-state index contributed by atoms with van der Waals surface area (Å²) in [6.45, 7) is 23.1. The minimum atomic E-state index is -0.833. The summed E-state index contributed by atoms with van der Waals surface area (Å²) in [6, 6.07) is 13.3. The number of carboxylic acid groups (broad SMARTS) is 1. The highest BCUT2D eigenvalue weighted by Gasteiger charge is 2.24. The summed E-state index contributed by atoms with van der Waals surface area (Å²) in [7, 11) is 1.74. The van der Waals surface area contributed by atoms with Gasteiger partial charge < -0.3 is 24.8 Å². The minimum absolute atomic E-state index is 0.0908. The van der Waals surface area contributed by atoms with E-state index in [1.54, 1.807) is 7.11 Å². The van der Waals surface area contributed by atoms with Crippen LogP contribution in [-0.4, -0.2) is 61.5 Å². The lowest BCUT2D eigenvalue weighted by Crippen LogP contribution is -2.34. The number of aliphatic carboxylic acids is 1. The van der Waals surface area contributed by atoms with Gasteiger partial charge in [-0.2, -0.15) is 0 Å². The Morgan fingerprint density at radius 1 is 1.14 bits per heavy atom. The number of carbonyl (C=O) groups is 2. The van der Waals surface area contributed by atoms with Gasteiger partial charge in [0.1, 0.15) is 0 Å². The second-order valence-electron chi connectivity index (χ2n) is 12.7. The van der Waals surface area contributed by atoms with Crippen molar-refractivity contribution < 1.29 is 24.2 Å². The first kappa shape index (κ1) is 37.0. The first-order chi connectivity index (χ1) is 19.7. The number of hydrogen-bond acceptors (Lipinski definition) is 5. The van der Waals surface area contributed by atoms with E-state index in [4.69, 9.17) is 19.4 Å². The van der Waals surface area contributed by atoms with Crippen molar-refractivity contribution in [2.75, 3.05) is 33.4 Å². The van der Waals surface area contributed by atoms with Crippen molar-refractivity contribution in [2.45, 2.75) is 93.1 Å². The van der Waals surface area contributed by atoms with Gasteiger partial charge >= 0.3 is 6.09 Å². The first-order valence-corrected chi connectivity index (χ1v) is 15.3. The van der Waals surface area contributed by atoms with Crippen LogP contribution in [0, 0.1) is 11.3 Å². The fourth-order valence-electron chi connectivity index (χ4n) is 4.71. The van der Waals surface area contributed by atoms with Gasteiger partial charge in [0.05, 0.1) is 19.3 Å². The van der Waals surface area contributed by atoms with Crippen LogP contribution in [0.5, 0.6) is 0 Å². The van der Waals surface area contributed by atoms with Crippen molar-refractivity contribution in [2.24, 2.45) is 11.3 Å². The second-order valence-corrected chi connectivity index (χ2v) is 12.7. The molecule has 1 saturated heterocycles. The number of nitrogens with zero attached hydrogens (tertiary/aromatic N) is 1. The predicted molar refractivity (Wildman–Crippen MR) is 174 cm³/mol.